The van der Waals surface area contributed by atoms with Crippen molar-refractivity contribution in [3.8, 4) is 6.01 Å². The first-order valence-corrected chi connectivity index (χ1v) is 11.0. The molecule has 0 aliphatic carbocycles. The Balaban J connectivity index is 1.52. The lowest BCUT2D eigenvalue weighted by atomic mass is 9.94. The van der Waals surface area contributed by atoms with Crippen molar-refractivity contribution in [2.75, 3.05) is 46.2 Å². The molecule has 3 heterocycles. The molecule has 0 saturated carbocycles. The molecule has 2 aliphatic heterocycles. The minimum absolute atomic E-state index is 0.0340. The Kier molecular flexibility index (Phi) is 6.52. The number of anilines is 1. The molecule has 2 aliphatic rings. The van der Waals surface area contributed by atoms with Crippen LogP contribution in [0.5, 0.6) is 6.01 Å². The van der Waals surface area contributed by atoms with Gasteiger partial charge in [-0.1, -0.05) is 30.3 Å². The van der Waals surface area contributed by atoms with Crippen LogP contribution in [0.25, 0.3) is 0 Å². The molecular weight excluding hydrogens is 439 g/mol. The summed E-state index contributed by atoms with van der Waals surface area (Å²) in [6, 6.07) is 9.73. The molecule has 0 fully saturated rings. The number of hydrogen-bond donors (Lipinski definition) is 1. The summed E-state index contributed by atoms with van der Waals surface area (Å²) < 4.78 is 25.3. The van der Waals surface area contributed by atoms with E-state index in [4.69, 9.17) is 9.47 Å². The van der Waals surface area contributed by atoms with Gasteiger partial charge in [-0.15, -0.1) is 0 Å². The largest absolute Gasteiger partial charge is 0.467 e. The number of ether oxygens (including phenoxy) is 2. The van der Waals surface area contributed by atoms with Gasteiger partial charge in [-0.3, -0.25) is 9.89 Å². The minimum atomic E-state index is -0.625. The minimum Gasteiger partial charge on any atom is -0.467 e. The van der Waals surface area contributed by atoms with Crippen LogP contribution in [0.3, 0.4) is 0 Å². The van der Waals surface area contributed by atoms with Gasteiger partial charge in [-0.05, 0) is 39.1 Å². The quantitative estimate of drug-likeness (QED) is 0.696. The third-order valence-corrected chi connectivity index (χ3v) is 6.08. The van der Waals surface area contributed by atoms with Gasteiger partial charge in [-0.25, -0.2) is 14.2 Å². The molecule has 9 nitrogen and oxygen atoms in total. The SMILES string of the molecule is COc1ncc(F)c(NC2=NCC3=C2CN(C(=O)O[C@H](CN(C)C)c2ccccc2)C3(C)C)n1. The number of nitrogens with zero attached hydrogens (tertiary/aromatic N) is 5. The van der Waals surface area contributed by atoms with Gasteiger partial charge in [0, 0.05) is 12.1 Å². The number of amides is 1. The fraction of sp³-hybridized carbons (Fsp3) is 0.417. The summed E-state index contributed by atoms with van der Waals surface area (Å²) in [4.78, 5) is 29.3. The van der Waals surface area contributed by atoms with E-state index in [1.54, 1.807) is 4.90 Å². The van der Waals surface area contributed by atoms with Crippen LogP contribution in [0.15, 0.2) is 52.7 Å². The number of halogens is 1. The molecule has 0 radical (unpaired) electrons. The number of rotatable bonds is 6. The number of carbonyl (C=O) groups excluding carboxylic acids is 1. The van der Waals surface area contributed by atoms with Crippen LogP contribution in [0.4, 0.5) is 15.0 Å². The third kappa shape index (κ3) is 4.58. The Morgan fingerprint density at radius 3 is 2.71 bits per heavy atom. The maximum atomic E-state index is 14.3. The predicted octanol–water partition coefficient (Wildman–Crippen LogP) is 3.28. The zero-order valence-corrected chi connectivity index (χ0v) is 20.0. The number of benzene rings is 1. The summed E-state index contributed by atoms with van der Waals surface area (Å²) in [5.74, 6) is -0.181. The standard InChI is InChI=1S/C24H29FN6O3/c1-24(2)17-11-26-20(28-21-18(25)12-27-22(29-21)33-5)16(17)13-31(24)23(32)34-19(14-30(3)4)15-9-7-6-8-10-15/h6-10,12,19H,11,13-14H2,1-5H3,(H,26,27,28,29)/t19-/m1/s1. The van der Waals surface area contributed by atoms with Gasteiger partial charge >= 0.3 is 12.1 Å². The summed E-state index contributed by atoms with van der Waals surface area (Å²) in [6.07, 6.45) is 0.212. The molecule has 0 unspecified atom stereocenters. The van der Waals surface area contributed by atoms with E-state index in [0.717, 1.165) is 22.9 Å². The van der Waals surface area contributed by atoms with Crippen LogP contribution in [0.1, 0.15) is 25.5 Å². The van der Waals surface area contributed by atoms with E-state index in [-0.39, 0.29) is 11.8 Å². The Bertz CT molecular complexity index is 1130. The first-order chi connectivity index (χ1) is 16.2. The van der Waals surface area contributed by atoms with Crippen LogP contribution in [-0.4, -0.2) is 78.1 Å². The van der Waals surface area contributed by atoms with Crippen molar-refractivity contribution in [3.63, 3.8) is 0 Å². The number of aromatic nitrogens is 2. The molecule has 34 heavy (non-hydrogen) atoms. The molecule has 1 amide bonds. The van der Waals surface area contributed by atoms with E-state index in [1.165, 1.54) is 7.11 Å². The molecule has 0 bridgehead atoms. The molecule has 1 atom stereocenters. The van der Waals surface area contributed by atoms with E-state index in [2.05, 4.69) is 20.3 Å². The van der Waals surface area contributed by atoms with Crippen molar-refractivity contribution in [1.82, 2.24) is 19.8 Å². The number of hydrogen-bond acceptors (Lipinski definition) is 8. The third-order valence-electron chi connectivity index (χ3n) is 6.08. The summed E-state index contributed by atoms with van der Waals surface area (Å²) in [7, 11) is 5.29. The van der Waals surface area contributed by atoms with E-state index in [1.807, 2.05) is 63.2 Å². The Morgan fingerprint density at radius 1 is 1.29 bits per heavy atom. The fourth-order valence-electron chi connectivity index (χ4n) is 4.20. The van der Waals surface area contributed by atoms with Crippen LogP contribution in [0, 0.1) is 5.82 Å². The van der Waals surface area contributed by atoms with Gasteiger partial charge in [-0.2, -0.15) is 4.98 Å². The Labute approximate surface area is 198 Å². The maximum absolute atomic E-state index is 14.3. The summed E-state index contributed by atoms with van der Waals surface area (Å²) in [5, 5.41) is 2.95. The van der Waals surface area contributed by atoms with Gasteiger partial charge < -0.3 is 19.7 Å². The molecule has 4 rings (SSSR count). The molecule has 10 heteroatoms. The number of amidine groups is 1. The number of carbonyl (C=O) groups is 1. The van der Waals surface area contributed by atoms with Gasteiger partial charge in [0.15, 0.2) is 11.6 Å². The summed E-state index contributed by atoms with van der Waals surface area (Å²) in [5.41, 5.74) is 2.14. The van der Waals surface area contributed by atoms with Crippen molar-refractivity contribution in [2.45, 2.75) is 25.5 Å². The molecule has 1 aromatic heterocycles. The highest BCUT2D eigenvalue weighted by Crippen LogP contribution is 2.39. The fourth-order valence-corrected chi connectivity index (χ4v) is 4.20. The van der Waals surface area contributed by atoms with Crippen molar-refractivity contribution in [1.29, 1.82) is 0 Å². The summed E-state index contributed by atoms with van der Waals surface area (Å²) in [6.45, 7) is 5.18. The van der Waals surface area contributed by atoms with Crippen LogP contribution in [0.2, 0.25) is 0 Å². The smallest absolute Gasteiger partial charge is 0.411 e. The molecule has 180 valence electrons. The normalized spacial score (nSPS) is 17.5. The van der Waals surface area contributed by atoms with Crippen molar-refractivity contribution >= 4 is 17.7 Å². The van der Waals surface area contributed by atoms with E-state index < -0.39 is 23.6 Å². The summed E-state index contributed by atoms with van der Waals surface area (Å²) >= 11 is 0. The van der Waals surface area contributed by atoms with Gasteiger partial charge in [0.1, 0.15) is 11.9 Å². The van der Waals surface area contributed by atoms with Gasteiger partial charge in [0.25, 0.3) is 0 Å². The molecule has 0 spiro atoms. The second-order valence-electron chi connectivity index (χ2n) is 8.99. The lowest BCUT2D eigenvalue weighted by Gasteiger charge is -2.35. The highest BCUT2D eigenvalue weighted by atomic mass is 19.1. The highest BCUT2D eigenvalue weighted by molar-refractivity contribution is 6.11. The first kappa shape index (κ1) is 23.6. The molecule has 1 N–H and O–H groups in total. The second kappa shape index (κ2) is 9.38. The van der Waals surface area contributed by atoms with E-state index >= 15 is 0 Å². The number of methoxy groups -OCH3 is 1. The molecular formula is C24H29FN6O3. The van der Waals surface area contributed by atoms with Gasteiger partial charge in [0.05, 0.1) is 31.9 Å². The van der Waals surface area contributed by atoms with Crippen molar-refractivity contribution in [2.24, 2.45) is 4.99 Å². The lowest BCUT2D eigenvalue weighted by molar-refractivity contribution is 0.0383. The Hall–Kier alpha value is -3.53. The molecule has 2 aromatic rings. The zero-order chi connectivity index (χ0) is 24.5. The highest BCUT2D eigenvalue weighted by Gasteiger charge is 2.46. The molecule has 0 saturated heterocycles. The van der Waals surface area contributed by atoms with E-state index in [0.29, 0.717) is 25.5 Å². The topological polar surface area (TPSA) is 92.2 Å². The maximum Gasteiger partial charge on any atom is 0.411 e. The first-order valence-electron chi connectivity index (χ1n) is 11.0. The number of aliphatic imine (C=N–C) groups is 1. The van der Waals surface area contributed by atoms with Crippen molar-refractivity contribution in [3.05, 3.63) is 59.1 Å². The van der Waals surface area contributed by atoms with Crippen molar-refractivity contribution < 1.29 is 18.7 Å². The zero-order valence-electron chi connectivity index (χ0n) is 20.0. The second-order valence-corrected chi connectivity index (χ2v) is 8.99. The number of nitrogens with one attached hydrogen (secondary N) is 1. The van der Waals surface area contributed by atoms with Crippen LogP contribution in [-0.2, 0) is 4.74 Å². The lowest BCUT2D eigenvalue weighted by Crippen LogP contribution is -2.47. The Morgan fingerprint density at radius 2 is 2.03 bits per heavy atom. The van der Waals surface area contributed by atoms with Crippen LogP contribution >= 0.6 is 0 Å². The predicted molar refractivity (Wildman–Crippen MR) is 126 cm³/mol. The molecule has 1 aromatic carbocycles. The number of likely N-dealkylation sites (N-methyl/N-ethyl adjacent to an activating group) is 1. The van der Waals surface area contributed by atoms with Crippen LogP contribution < -0.4 is 10.1 Å². The average Bonchev–Trinajstić information content (AvgIpc) is 3.33. The van der Waals surface area contributed by atoms with Gasteiger partial charge in [0.2, 0.25) is 0 Å². The monoisotopic (exact) mass is 468 g/mol. The average molecular weight is 469 g/mol. The van der Waals surface area contributed by atoms with E-state index in [9.17, 15) is 9.18 Å².